The molecule has 1 aromatic carbocycles. The number of hydrogen-bond donors (Lipinski definition) is 0. The van der Waals surface area contributed by atoms with E-state index in [9.17, 15) is 13.2 Å². The smallest absolute Gasteiger partial charge is 0.383 e. The third kappa shape index (κ3) is 3.47. The van der Waals surface area contributed by atoms with Gasteiger partial charge in [0, 0.05) is 20.6 Å². The number of aryl methyl sites for hydroxylation is 1. The van der Waals surface area contributed by atoms with E-state index in [1.54, 1.807) is 26.4 Å². The first-order valence-corrected chi connectivity index (χ1v) is 6.78. The summed E-state index contributed by atoms with van der Waals surface area (Å²) in [4.78, 5) is 0. The summed E-state index contributed by atoms with van der Waals surface area (Å²) >= 11 is 0. The lowest BCUT2D eigenvalue weighted by Crippen LogP contribution is -2.34. The van der Waals surface area contributed by atoms with Crippen LogP contribution in [0.4, 0.5) is 13.2 Å². The Morgan fingerprint density at radius 2 is 1.76 bits per heavy atom. The monoisotopic (exact) mass is 300 g/mol. The van der Waals surface area contributed by atoms with Crippen LogP contribution >= 0.6 is 0 Å². The Labute approximate surface area is 122 Å². The number of methoxy groups -OCH3 is 2. The molecule has 0 bridgehead atoms. The van der Waals surface area contributed by atoms with Crippen LogP contribution in [0.5, 0.6) is 0 Å². The zero-order chi connectivity index (χ0) is 15.5. The van der Waals surface area contributed by atoms with Gasteiger partial charge in [0.05, 0.1) is 18.6 Å². The topological polar surface area (TPSA) is 18.5 Å². The Bertz CT molecular complexity index is 515. The molecule has 0 N–H and O–H groups in total. The van der Waals surface area contributed by atoms with Gasteiger partial charge >= 0.3 is 6.18 Å². The minimum atomic E-state index is -4.15. The van der Waals surface area contributed by atoms with Gasteiger partial charge in [0.25, 0.3) is 0 Å². The first kappa shape index (κ1) is 16.0. The Kier molecular flexibility index (Phi) is 4.74. The van der Waals surface area contributed by atoms with Crippen LogP contribution in [0.3, 0.4) is 0 Å². The maximum atomic E-state index is 12.5. The van der Waals surface area contributed by atoms with Crippen LogP contribution in [0.2, 0.25) is 0 Å². The lowest BCUT2D eigenvalue weighted by Gasteiger charge is -2.30. The summed E-state index contributed by atoms with van der Waals surface area (Å²) in [6.45, 7) is 0.765. The summed E-state index contributed by atoms with van der Waals surface area (Å²) in [6, 6.07) is 5.47. The highest BCUT2D eigenvalue weighted by molar-refractivity contribution is 5.67. The highest BCUT2D eigenvalue weighted by Crippen LogP contribution is 2.40. The van der Waals surface area contributed by atoms with Gasteiger partial charge in [-0.05, 0) is 23.1 Å². The fourth-order valence-corrected chi connectivity index (χ4v) is 2.98. The molecule has 0 amide bonds. The van der Waals surface area contributed by atoms with Crippen molar-refractivity contribution in [2.24, 2.45) is 0 Å². The number of halogens is 3. The van der Waals surface area contributed by atoms with Crippen molar-refractivity contribution < 1.29 is 22.6 Å². The molecule has 0 fully saturated rings. The van der Waals surface area contributed by atoms with Gasteiger partial charge in [0.1, 0.15) is 0 Å². The molecule has 0 aromatic heterocycles. The third-order valence-electron chi connectivity index (χ3n) is 3.74. The molecule has 5 heteroatoms. The number of fused-ring (bicyclic) bond motifs is 1. The summed E-state index contributed by atoms with van der Waals surface area (Å²) in [5, 5.41) is 0. The summed E-state index contributed by atoms with van der Waals surface area (Å²) in [7, 11) is 3.17. The Morgan fingerprint density at radius 1 is 1.10 bits per heavy atom. The Morgan fingerprint density at radius 3 is 2.33 bits per heavy atom. The number of alkyl halides is 3. The summed E-state index contributed by atoms with van der Waals surface area (Å²) in [5.41, 5.74) is 2.06. The molecule has 0 saturated carbocycles. The molecule has 0 atom stereocenters. The molecule has 1 aromatic rings. The fraction of sp³-hybridized carbons (Fsp3) is 0.500. The quantitative estimate of drug-likeness (QED) is 0.797. The van der Waals surface area contributed by atoms with E-state index < -0.39 is 18.0 Å². The van der Waals surface area contributed by atoms with Gasteiger partial charge in [0.15, 0.2) is 0 Å². The van der Waals surface area contributed by atoms with Crippen molar-refractivity contribution in [2.45, 2.75) is 24.4 Å². The summed E-state index contributed by atoms with van der Waals surface area (Å²) in [5.74, 6) is 0. The van der Waals surface area contributed by atoms with E-state index in [-0.39, 0.29) is 6.42 Å². The molecule has 0 heterocycles. The van der Waals surface area contributed by atoms with E-state index >= 15 is 0 Å². The van der Waals surface area contributed by atoms with Gasteiger partial charge < -0.3 is 9.47 Å². The number of hydrogen-bond acceptors (Lipinski definition) is 2. The second kappa shape index (κ2) is 6.20. The van der Waals surface area contributed by atoms with Crippen molar-refractivity contribution in [3.8, 4) is 0 Å². The largest absolute Gasteiger partial charge is 0.389 e. The van der Waals surface area contributed by atoms with E-state index in [1.165, 1.54) is 0 Å². The van der Waals surface area contributed by atoms with Gasteiger partial charge in [-0.2, -0.15) is 13.2 Å². The van der Waals surface area contributed by atoms with Crippen LogP contribution in [0.1, 0.15) is 23.1 Å². The van der Waals surface area contributed by atoms with Crippen LogP contribution in [0, 0.1) is 0 Å². The van der Waals surface area contributed by atoms with Crippen molar-refractivity contribution >= 4 is 6.08 Å². The van der Waals surface area contributed by atoms with Crippen molar-refractivity contribution in [3.63, 3.8) is 0 Å². The minimum Gasteiger partial charge on any atom is -0.383 e. The summed E-state index contributed by atoms with van der Waals surface area (Å²) < 4.78 is 48.1. The first-order valence-electron chi connectivity index (χ1n) is 6.78. The Balaban J connectivity index is 2.37. The molecule has 0 saturated heterocycles. The van der Waals surface area contributed by atoms with Crippen molar-refractivity contribution in [1.29, 1.82) is 0 Å². The molecule has 2 rings (SSSR count). The van der Waals surface area contributed by atoms with Crippen LogP contribution in [0.15, 0.2) is 24.3 Å². The first-order chi connectivity index (χ1) is 9.92. The average molecular weight is 300 g/mol. The minimum absolute atomic E-state index is 0.0243. The number of rotatable bonds is 6. The molecule has 0 unspecified atom stereocenters. The maximum absolute atomic E-state index is 12.5. The molecule has 0 spiro atoms. The lowest BCUT2D eigenvalue weighted by molar-refractivity contribution is -0.134. The van der Waals surface area contributed by atoms with Gasteiger partial charge in [0.2, 0.25) is 0 Å². The molecular weight excluding hydrogens is 281 g/mol. The molecule has 2 nitrogen and oxygen atoms in total. The van der Waals surface area contributed by atoms with E-state index in [0.717, 1.165) is 11.1 Å². The molecular formula is C16H19F3O2. The predicted octanol–water partition coefficient (Wildman–Crippen LogP) is 3.74. The van der Waals surface area contributed by atoms with Crippen LogP contribution in [-0.4, -0.2) is 33.6 Å². The molecule has 21 heavy (non-hydrogen) atoms. The van der Waals surface area contributed by atoms with Crippen LogP contribution in [-0.2, 0) is 21.3 Å². The highest BCUT2D eigenvalue weighted by atomic mass is 19.4. The second-order valence-corrected chi connectivity index (χ2v) is 5.35. The number of ether oxygens (including phenoxy) is 2. The van der Waals surface area contributed by atoms with Crippen LogP contribution in [0.25, 0.3) is 6.08 Å². The zero-order valence-corrected chi connectivity index (χ0v) is 12.2. The average Bonchev–Trinajstić information content (AvgIpc) is 2.76. The highest BCUT2D eigenvalue weighted by Gasteiger charge is 2.38. The maximum Gasteiger partial charge on any atom is 0.389 e. The lowest BCUT2D eigenvalue weighted by atomic mass is 9.80. The standard InChI is InChI=1S/C16H19F3O2/c1-20-10-15(11-21-2)8-6-12-4-3-5-13(14(12)15)7-9-16(17,18)19/h3-6,8H,7,9-11H2,1-2H3. The van der Waals surface area contributed by atoms with Gasteiger partial charge in [-0.25, -0.2) is 0 Å². The van der Waals surface area contributed by atoms with Gasteiger partial charge in [-0.1, -0.05) is 30.4 Å². The van der Waals surface area contributed by atoms with Gasteiger partial charge in [-0.3, -0.25) is 0 Å². The van der Waals surface area contributed by atoms with Gasteiger partial charge in [-0.15, -0.1) is 0 Å². The predicted molar refractivity (Wildman–Crippen MR) is 75.3 cm³/mol. The number of benzene rings is 1. The Hall–Kier alpha value is -1.33. The second-order valence-electron chi connectivity index (χ2n) is 5.35. The van der Waals surface area contributed by atoms with E-state index in [0.29, 0.717) is 18.8 Å². The fourth-order valence-electron chi connectivity index (χ4n) is 2.98. The molecule has 1 aliphatic rings. The third-order valence-corrected chi connectivity index (χ3v) is 3.74. The van der Waals surface area contributed by atoms with Crippen LogP contribution < -0.4 is 0 Å². The summed E-state index contributed by atoms with van der Waals surface area (Å²) in [6.07, 6.45) is -1.09. The molecule has 0 aliphatic heterocycles. The van der Waals surface area contributed by atoms with E-state index in [4.69, 9.17) is 9.47 Å². The van der Waals surface area contributed by atoms with Crippen molar-refractivity contribution in [3.05, 3.63) is 41.0 Å². The van der Waals surface area contributed by atoms with Crippen molar-refractivity contribution in [2.75, 3.05) is 27.4 Å². The van der Waals surface area contributed by atoms with E-state index in [2.05, 4.69) is 0 Å². The normalized spacial score (nSPS) is 16.2. The SMILES string of the molecule is COCC1(COC)C=Cc2cccc(CCC(F)(F)F)c21. The molecule has 0 radical (unpaired) electrons. The zero-order valence-electron chi connectivity index (χ0n) is 12.2. The molecule has 116 valence electrons. The molecule has 1 aliphatic carbocycles. The van der Waals surface area contributed by atoms with E-state index in [1.807, 2.05) is 18.2 Å². The van der Waals surface area contributed by atoms with Crippen molar-refractivity contribution in [1.82, 2.24) is 0 Å².